The van der Waals surface area contributed by atoms with Gasteiger partial charge in [0.15, 0.2) is 11.5 Å². The second-order valence-corrected chi connectivity index (χ2v) is 6.15. The monoisotopic (exact) mass is 342 g/mol. The molecule has 1 aliphatic heterocycles. The van der Waals surface area contributed by atoms with E-state index >= 15 is 0 Å². The lowest BCUT2D eigenvalue weighted by atomic mass is 9.97. The number of ether oxygens (including phenoxy) is 1. The number of fused-ring (bicyclic) bond motifs is 1. The number of phenolic OH excluding ortho intramolecular Hbond substituents is 2. The summed E-state index contributed by atoms with van der Waals surface area (Å²) in [6, 6.07) is 23.6. The lowest BCUT2D eigenvalue weighted by Gasteiger charge is -2.08. The summed E-state index contributed by atoms with van der Waals surface area (Å²) in [5.74, 6) is 0.687. The first-order valence-electron chi connectivity index (χ1n) is 8.46. The van der Waals surface area contributed by atoms with Gasteiger partial charge in [-0.3, -0.25) is 0 Å². The van der Waals surface area contributed by atoms with Gasteiger partial charge in [0, 0.05) is 12.0 Å². The predicted molar refractivity (Wildman–Crippen MR) is 102 cm³/mol. The standard InChI is InChI=1S/C23H18O3/c24-21-14-11-18-15-19(26-23(18)22(21)25)12-13-20(16-7-3-1-4-8-16)17-9-5-2-6-10-17/h1-14,24-25H,15H2. The van der Waals surface area contributed by atoms with E-state index in [-0.39, 0.29) is 11.5 Å². The van der Waals surface area contributed by atoms with E-state index in [1.54, 1.807) is 6.07 Å². The Morgan fingerprint density at radius 3 is 2.04 bits per heavy atom. The van der Waals surface area contributed by atoms with Crippen molar-refractivity contribution in [2.24, 2.45) is 0 Å². The number of rotatable bonds is 3. The number of hydrogen-bond acceptors (Lipinski definition) is 3. The molecule has 3 aromatic carbocycles. The first-order valence-corrected chi connectivity index (χ1v) is 8.46. The highest BCUT2D eigenvalue weighted by atomic mass is 16.5. The fraction of sp³-hybridized carbons (Fsp3) is 0.0435. The van der Waals surface area contributed by atoms with Gasteiger partial charge in [0.05, 0.1) is 0 Å². The maximum Gasteiger partial charge on any atom is 0.201 e. The molecule has 0 bridgehead atoms. The number of phenols is 2. The fourth-order valence-corrected chi connectivity index (χ4v) is 3.07. The van der Waals surface area contributed by atoms with Crippen LogP contribution >= 0.6 is 0 Å². The van der Waals surface area contributed by atoms with Gasteiger partial charge >= 0.3 is 0 Å². The van der Waals surface area contributed by atoms with Gasteiger partial charge in [0.2, 0.25) is 5.75 Å². The molecule has 0 amide bonds. The highest BCUT2D eigenvalue weighted by Gasteiger charge is 2.22. The van der Waals surface area contributed by atoms with Crippen LogP contribution in [0.25, 0.3) is 5.57 Å². The second kappa shape index (κ2) is 6.81. The Morgan fingerprint density at radius 2 is 1.42 bits per heavy atom. The number of benzene rings is 3. The summed E-state index contributed by atoms with van der Waals surface area (Å²) < 4.78 is 5.75. The molecule has 0 aliphatic carbocycles. The summed E-state index contributed by atoms with van der Waals surface area (Å²) in [5, 5.41) is 19.6. The molecule has 0 saturated heterocycles. The first-order chi connectivity index (χ1) is 12.7. The lowest BCUT2D eigenvalue weighted by Crippen LogP contribution is -1.90. The van der Waals surface area contributed by atoms with E-state index in [0.29, 0.717) is 12.2 Å². The second-order valence-electron chi connectivity index (χ2n) is 6.15. The van der Waals surface area contributed by atoms with Gasteiger partial charge in [-0.1, -0.05) is 72.8 Å². The third-order valence-corrected chi connectivity index (χ3v) is 4.40. The zero-order chi connectivity index (χ0) is 17.9. The summed E-state index contributed by atoms with van der Waals surface area (Å²) in [6.45, 7) is 0. The zero-order valence-electron chi connectivity index (χ0n) is 14.1. The SMILES string of the molecule is Oc1ccc2c(c1O)OC(=CC=C(c1ccccc1)c1ccccc1)C2. The van der Waals surface area contributed by atoms with Crippen molar-refractivity contribution in [1.29, 1.82) is 0 Å². The van der Waals surface area contributed by atoms with Crippen LogP contribution in [0.1, 0.15) is 16.7 Å². The Kier molecular flexibility index (Phi) is 4.20. The van der Waals surface area contributed by atoms with E-state index < -0.39 is 0 Å². The van der Waals surface area contributed by atoms with Gasteiger partial charge in [-0.25, -0.2) is 0 Å². The summed E-state index contributed by atoms with van der Waals surface area (Å²) in [7, 11) is 0. The van der Waals surface area contributed by atoms with Gasteiger partial charge in [-0.15, -0.1) is 0 Å². The Hall–Kier alpha value is -3.46. The van der Waals surface area contributed by atoms with E-state index in [9.17, 15) is 10.2 Å². The van der Waals surface area contributed by atoms with Crippen molar-refractivity contribution in [2.45, 2.75) is 6.42 Å². The number of allylic oxidation sites excluding steroid dienone is 3. The maximum absolute atomic E-state index is 9.95. The summed E-state index contributed by atoms with van der Waals surface area (Å²) >= 11 is 0. The van der Waals surface area contributed by atoms with E-state index in [4.69, 9.17) is 4.74 Å². The Bertz CT molecular complexity index is 945. The van der Waals surface area contributed by atoms with Crippen molar-refractivity contribution in [3.05, 3.63) is 107 Å². The molecule has 0 spiro atoms. The minimum atomic E-state index is -0.207. The van der Waals surface area contributed by atoms with Crippen molar-refractivity contribution in [1.82, 2.24) is 0 Å². The summed E-state index contributed by atoms with van der Waals surface area (Å²) in [5.41, 5.74) is 4.18. The van der Waals surface area contributed by atoms with E-state index in [0.717, 1.165) is 28.0 Å². The van der Waals surface area contributed by atoms with Gasteiger partial charge in [-0.2, -0.15) is 0 Å². The van der Waals surface area contributed by atoms with Crippen molar-refractivity contribution in [3.63, 3.8) is 0 Å². The first kappa shape index (κ1) is 16.0. The van der Waals surface area contributed by atoms with Crippen LogP contribution in [0, 0.1) is 0 Å². The molecule has 0 radical (unpaired) electrons. The van der Waals surface area contributed by atoms with Gasteiger partial charge in [0.25, 0.3) is 0 Å². The average Bonchev–Trinajstić information content (AvgIpc) is 3.11. The fourth-order valence-electron chi connectivity index (χ4n) is 3.07. The largest absolute Gasteiger partial charge is 0.504 e. The van der Waals surface area contributed by atoms with Crippen molar-refractivity contribution >= 4 is 5.57 Å². The van der Waals surface area contributed by atoms with Crippen molar-refractivity contribution in [2.75, 3.05) is 0 Å². The molecule has 1 aliphatic rings. The van der Waals surface area contributed by atoms with Crippen LogP contribution in [0.15, 0.2) is 90.7 Å². The van der Waals surface area contributed by atoms with Gasteiger partial charge < -0.3 is 14.9 Å². The summed E-state index contributed by atoms with van der Waals surface area (Å²) in [4.78, 5) is 0. The number of aromatic hydroxyl groups is 2. The highest BCUT2D eigenvalue weighted by molar-refractivity contribution is 5.80. The molecule has 128 valence electrons. The van der Waals surface area contributed by atoms with Crippen LogP contribution in [0.3, 0.4) is 0 Å². The van der Waals surface area contributed by atoms with Crippen LogP contribution in [-0.2, 0) is 6.42 Å². The third kappa shape index (κ3) is 3.07. The highest BCUT2D eigenvalue weighted by Crippen LogP contribution is 2.43. The molecule has 2 N–H and O–H groups in total. The molecule has 3 aromatic rings. The molecule has 0 aromatic heterocycles. The molecule has 4 rings (SSSR count). The third-order valence-electron chi connectivity index (χ3n) is 4.40. The normalized spacial score (nSPS) is 13.9. The zero-order valence-corrected chi connectivity index (χ0v) is 14.1. The maximum atomic E-state index is 9.95. The van der Waals surface area contributed by atoms with Crippen LogP contribution in [-0.4, -0.2) is 10.2 Å². The topological polar surface area (TPSA) is 49.7 Å². The Labute approximate surface area is 152 Å². The van der Waals surface area contributed by atoms with Crippen LogP contribution in [0.2, 0.25) is 0 Å². The van der Waals surface area contributed by atoms with E-state index in [1.807, 2.05) is 48.6 Å². The summed E-state index contributed by atoms with van der Waals surface area (Å²) in [6.07, 6.45) is 4.53. The minimum Gasteiger partial charge on any atom is -0.504 e. The Balaban J connectivity index is 1.71. The molecule has 26 heavy (non-hydrogen) atoms. The predicted octanol–water partition coefficient (Wildman–Crippen LogP) is 5.05. The molecule has 0 unspecified atom stereocenters. The van der Waals surface area contributed by atoms with E-state index in [2.05, 4.69) is 24.3 Å². The molecule has 0 fully saturated rings. The number of hydrogen-bond donors (Lipinski definition) is 2. The van der Waals surface area contributed by atoms with E-state index in [1.165, 1.54) is 6.07 Å². The molecular formula is C23H18O3. The van der Waals surface area contributed by atoms with Gasteiger partial charge in [-0.05, 0) is 28.8 Å². The quantitative estimate of drug-likeness (QED) is 0.655. The molecular weight excluding hydrogens is 324 g/mol. The Morgan fingerprint density at radius 1 is 0.808 bits per heavy atom. The molecule has 3 nitrogen and oxygen atoms in total. The van der Waals surface area contributed by atoms with Crippen LogP contribution in [0.4, 0.5) is 0 Å². The molecule has 0 saturated carbocycles. The van der Waals surface area contributed by atoms with Crippen molar-refractivity contribution < 1.29 is 14.9 Å². The molecule has 1 heterocycles. The van der Waals surface area contributed by atoms with Crippen LogP contribution < -0.4 is 4.74 Å². The van der Waals surface area contributed by atoms with Crippen LogP contribution in [0.5, 0.6) is 17.2 Å². The lowest BCUT2D eigenvalue weighted by molar-refractivity contribution is 0.367. The molecule has 3 heteroatoms. The van der Waals surface area contributed by atoms with Gasteiger partial charge in [0.1, 0.15) is 5.76 Å². The van der Waals surface area contributed by atoms with Crippen molar-refractivity contribution in [3.8, 4) is 17.2 Å². The minimum absolute atomic E-state index is 0.171. The molecule has 0 atom stereocenters. The smallest absolute Gasteiger partial charge is 0.201 e. The average molecular weight is 342 g/mol.